The number of fused-ring (bicyclic) bond motifs is 1. The van der Waals surface area contributed by atoms with Crippen LogP contribution in [0.5, 0.6) is 0 Å². The van der Waals surface area contributed by atoms with Gasteiger partial charge in [-0.25, -0.2) is 0 Å². The van der Waals surface area contributed by atoms with Crippen molar-refractivity contribution >= 4 is 5.78 Å². The number of hydrogen-bond acceptors (Lipinski definition) is 1. The lowest BCUT2D eigenvalue weighted by atomic mass is 9.91. The Morgan fingerprint density at radius 1 is 1.27 bits per heavy atom. The summed E-state index contributed by atoms with van der Waals surface area (Å²) in [6.45, 7) is 6.58. The summed E-state index contributed by atoms with van der Waals surface area (Å²) < 4.78 is 2.21. The fraction of sp³-hybridized carbons (Fsp3) is 0.615. The molecule has 0 aliphatic heterocycles. The second kappa shape index (κ2) is 3.22. The average molecular weight is 205 g/mol. The molecule has 0 atom stereocenters. The summed E-state index contributed by atoms with van der Waals surface area (Å²) in [5, 5.41) is 0. The molecule has 0 saturated heterocycles. The Morgan fingerprint density at radius 3 is 2.47 bits per heavy atom. The van der Waals surface area contributed by atoms with Crippen LogP contribution >= 0.6 is 0 Å². The number of nitrogens with zero attached hydrogens (tertiary/aromatic N) is 1. The molecule has 2 nitrogen and oxygen atoms in total. The number of Topliss-reactive ketones (excluding diaryl/α,β-unsaturated/α-hetero) is 1. The van der Waals surface area contributed by atoms with Gasteiger partial charge in [-0.05, 0) is 18.9 Å². The Hall–Kier alpha value is -1.05. The maximum atomic E-state index is 11.8. The smallest absolute Gasteiger partial charge is 0.164 e. The van der Waals surface area contributed by atoms with Gasteiger partial charge in [0.05, 0.1) is 0 Å². The van der Waals surface area contributed by atoms with E-state index in [0.717, 1.165) is 24.8 Å². The van der Waals surface area contributed by atoms with Crippen molar-refractivity contribution in [2.45, 2.75) is 45.4 Å². The predicted octanol–water partition coefficient (Wildman–Crippen LogP) is 2.84. The van der Waals surface area contributed by atoms with Crippen LogP contribution < -0.4 is 0 Å². The first-order valence-electron chi connectivity index (χ1n) is 5.63. The molecule has 0 aromatic carbocycles. The van der Waals surface area contributed by atoms with Crippen LogP contribution in [0.3, 0.4) is 0 Å². The molecular formula is C13H19NO. The minimum Gasteiger partial charge on any atom is -0.350 e. The molecule has 0 fully saturated rings. The lowest BCUT2D eigenvalue weighted by molar-refractivity contribution is 0.0972. The first-order chi connectivity index (χ1) is 6.91. The standard InChI is InChI=1S/C13H19NO/c1-13(2,3)12-8-9-10(14(12)4)6-5-7-11(9)15/h8H,5-7H2,1-4H3. The second-order valence-electron chi connectivity index (χ2n) is 5.48. The number of rotatable bonds is 0. The largest absolute Gasteiger partial charge is 0.350 e. The third-order valence-corrected chi connectivity index (χ3v) is 3.24. The molecule has 0 amide bonds. The van der Waals surface area contributed by atoms with Gasteiger partial charge in [-0.15, -0.1) is 0 Å². The Kier molecular flexibility index (Phi) is 2.25. The number of carbonyl (C=O) groups excluding carboxylic acids is 1. The molecule has 1 aromatic rings. The van der Waals surface area contributed by atoms with Gasteiger partial charge in [-0.3, -0.25) is 4.79 Å². The zero-order valence-corrected chi connectivity index (χ0v) is 10.1. The van der Waals surface area contributed by atoms with E-state index < -0.39 is 0 Å². The maximum Gasteiger partial charge on any atom is 0.164 e. The van der Waals surface area contributed by atoms with Crippen molar-refractivity contribution in [2.24, 2.45) is 7.05 Å². The Labute approximate surface area is 91.3 Å². The molecule has 2 heteroatoms. The molecule has 0 N–H and O–H groups in total. The highest BCUT2D eigenvalue weighted by atomic mass is 16.1. The van der Waals surface area contributed by atoms with Gasteiger partial charge in [0.2, 0.25) is 0 Å². The van der Waals surface area contributed by atoms with Crippen molar-refractivity contribution in [3.05, 3.63) is 23.0 Å². The summed E-state index contributed by atoms with van der Waals surface area (Å²) >= 11 is 0. The summed E-state index contributed by atoms with van der Waals surface area (Å²) in [4.78, 5) is 11.8. The van der Waals surface area contributed by atoms with Crippen LogP contribution in [0.25, 0.3) is 0 Å². The molecule has 2 rings (SSSR count). The summed E-state index contributed by atoms with van der Waals surface area (Å²) in [6, 6.07) is 2.09. The maximum absolute atomic E-state index is 11.8. The Balaban J connectivity index is 2.58. The minimum absolute atomic E-state index is 0.117. The second-order valence-corrected chi connectivity index (χ2v) is 5.48. The fourth-order valence-electron chi connectivity index (χ4n) is 2.46. The Bertz CT molecular complexity index is 407. The zero-order valence-electron chi connectivity index (χ0n) is 10.1. The molecule has 15 heavy (non-hydrogen) atoms. The highest BCUT2D eigenvalue weighted by Gasteiger charge is 2.26. The minimum atomic E-state index is 0.117. The van der Waals surface area contributed by atoms with Gasteiger partial charge in [0.1, 0.15) is 0 Å². The summed E-state index contributed by atoms with van der Waals surface area (Å²) in [7, 11) is 2.08. The van der Waals surface area contributed by atoms with Gasteiger partial charge in [0.15, 0.2) is 5.78 Å². The van der Waals surface area contributed by atoms with Crippen molar-refractivity contribution in [3.63, 3.8) is 0 Å². The quantitative estimate of drug-likeness (QED) is 0.638. The molecule has 0 spiro atoms. The topological polar surface area (TPSA) is 22.0 Å². The van der Waals surface area contributed by atoms with E-state index in [1.54, 1.807) is 0 Å². The molecule has 82 valence electrons. The van der Waals surface area contributed by atoms with Gasteiger partial charge < -0.3 is 4.57 Å². The molecule has 1 aliphatic rings. The Morgan fingerprint density at radius 2 is 1.93 bits per heavy atom. The van der Waals surface area contributed by atoms with E-state index in [2.05, 4.69) is 38.5 Å². The van der Waals surface area contributed by atoms with E-state index in [-0.39, 0.29) is 5.41 Å². The summed E-state index contributed by atoms with van der Waals surface area (Å²) in [5.41, 5.74) is 3.58. The van der Waals surface area contributed by atoms with E-state index in [9.17, 15) is 4.79 Å². The van der Waals surface area contributed by atoms with Gasteiger partial charge in [-0.1, -0.05) is 20.8 Å². The third-order valence-electron chi connectivity index (χ3n) is 3.24. The van der Waals surface area contributed by atoms with Crippen molar-refractivity contribution < 1.29 is 4.79 Å². The van der Waals surface area contributed by atoms with Crippen LogP contribution in [-0.2, 0) is 18.9 Å². The van der Waals surface area contributed by atoms with Crippen LogP contribution in [0.1, 0.15) is 55.4 Å². The summed E-state index contributed by atoms with van der Waals surface area (Å²) in [5.74, 6) is 0.322. The molecule has 0 radical (unpaired) electrons. The highest BCUT2D eigenvalue weighted by molar-refractivity contribution is 5.98. The van der Waals surface area contributed by atoms with Crippen molar-refractivity contribution in [3.8, 4) is 0 Å². The molecule has 1 heterocycles. The van der Waals surface area contributed by atoms with E-state index >= 15 is 0 Å². The van der Waals surface area contributed by atoms with Gasteiger partial charge in [0.25, 0.3) is 0 Å². The molecular weight excluding hydrogens is 186 g/mol. The molecule has 0 unspecified atom stereocenters. The lowest BCUT2D eigenvalue weighted by Crippen LogP contribution is -2.17. The molecule has 0 saturated carbocycles. The van der Waals surface area contributed by atoms with E-state index in [1.165, 1.54) is 11.4 Å². The van der Waals surface area contributed by atoms with Crippen LogP contribution in [-0.4, -0.2) is 10.4 Å². The number of ketones is 1. The molecule has 1 aromatic heterocycles. The number of hydrogen-bond donors (Lipinski definition) is 0. The van der Waals surface area contributed by atoms with Crippen molar-refractivity contribution in [1.82, 2.24) is 4.57 Å². The number of aromatic nitrogens is 1. The molecule has 0 bridgehead atoms. The van der Waals surface area contributed by atoms with Crippen molar-refractivity contribution in [2.75, 3.05) is 0 Å². The van der Waals surface area contributed by atoms with Crippen molar-refractivity contribution in [1.29, 1.82) is 0 Å². The average Bonchev–Trinajstić information content (AvgIpc) is 2.45. The van der Waals surface area contributed by atoms with E-state index in [0.29, 0.717) is 5.78 Å². The monoisotopic (exact) mass is 205 g/mol. The first-order valence-corrected chi connectivity index (χ1v) is 5.63. The zero-order chi connectivity index (χ0) is 11.2. The van der Waals surface area contributed by atoms with Crippen LogP contribution in [0.4, 0.5) is 0 Å². The highest BCUT2D eigenvalue weighted by Crippen LogP contribution is 2.30. The van der Waals surface area contributed by atoms with Crippen LogP contribution in [0.15, 0.2) is 6.07 Å². The number of carbonyl (C=O) groups is 1. The lowest BCUT2D eigenvalue weighted by Gasteiger charge is -2.20. The normalized spacial score (nSPS) is 16.7. The first kappa shape index (κ1) is 10.5. The van der Waals surface area contributed by atoms with E-state index in [1.807, 2.05) is 0 Å². The third kappa shape index (κ3) is 1.62. The molecule has 1 aliphatic carbocycles. The van der Waals surface area contributed by atoms with Crippen LogP contribution in [0.2, 0.25) is 0 Å². The van der Waals surface area contributed by atoms with Crippen LogP contribution in [0, 0.1) is 0 Å². The van der Waals surface area contributed by atoms with Gasteiger partial charge in [0, 0.05) is 35.8 Å². The SMILES string of the molecule is Cn1c(C(C)(C)C)cc2c1CCCC2=O. The predicted molar refractivity (Wildman–Crippen MR) is 61.4 cm³/mol. The fourth-order valence-corrected chi connectivity index (χ4v) is 2.46. The van der Waals surface area contributed by atoms with E-state index in [4.69, 9.17) is 0 Å². The van der Waals surface area contributed by atoms with Gasteiger partial charge in [-0.2, -0.15) is 0 Å². The summed E-state index contributed by atoms with van der Waals surface area (Å²) in [6.07, 6.45) is 2.78. The van der Waals surface area contributed by atoms with Gasteiger partial charge >= 0.3 is 0 Å².